The molecule has 1 heterocycles. The van der Waals surface area contributed by atoms with Crippen LogP contribution >= 0.6 is 0 Å². The van der Waals surface area contributed by atoms with Gasteiger partial charge in [0.1, 0.15) is 0 Å². The number of carboxylic acid groups (broad SMARTS) is 1. The molecule has 3 N–H and O–H groups in total. The van der Waals surface area contributed by atoms with Crippen LogP contribution < -0.4 is 5.32 Å². The van der Waals surface area contributed by atoms with Crippen LogP contribution in [0.3, 0.4) is 0 Å². The molecule has 0 radical (unpaired) electrons. The number of amides is 1. The number of hydrogen-bond acceptors (Lipinski definition) is 5. The maximum Gasteiger partial charge on any atom is 0.337 e. The highest BCUT2D eigenvalue weighted by Gasteiger charge is 2.31. The van der Waals surface area contributed by atoms with Crippen molar-refractivity contribution in [1.29, 1.82) is 0 Å². The first kappa shape index (κ1) is 19.4. The number of carbonyl (C=O) groups is 2. The molecule has 0 saturated carbocycles. The number of nitrogens with zero attached hydrogens (tertiary/aromatic N) is 1. The van der Waals surface area contributed by atoms with Gasteiger partial charge >= 0.3 is 5.97 Å². The Morgan fingerprint density at radius 3 is 2.48 bits per heavy atom. The van der Waals surface area contributed by atoms with E-state index in [2.05, 4.69) is 5.32 Å². The normalized spacial score (nSPS) is 18.3. The molecule has 1 saturated heterocycles. The molecular weight excluding hydrogens is 348 g/mol. The van der Waals surface area contributed by atoms with E-state index in [4.69, 9.17) is 5.11 Å². The van der Waals surface area contributed by atoms with E-state index < -0.39 is 34.0 Å². The predicted molar refractivity (Wildman–Crippen MR) is 89.6 cm³/mol. The van der Waals surface area contributed by atoms with Crippen molar-refractivity contribution in [3.05, 3.63) is 29.8 Å². The van der Waals surface area contributed by atoms with E-state index in [1.165, 1.54) is 28.6 Å². The largest absolute Gasteiger partial charge is 0.479 e. The first-order chi connectivity index (χ1) is 11.6. The Hall–Kier alpha value is -1.97. The van der Waals surface area contributed by atoms with Gasteiger partial charge in [0.15, 0.2) is 5.60 Å². The lowest BCUT2D eigenvalue weighted by Crippen LogP contribution is -2.46. The number of benzene rings is 1. The van der Waals surface area contributed by atoms with Gasteiger partial charge < -0.3 is 15.5 Å². The number of aliphatic hydroxyl groups is 1. The van der Waals surface area contributed by atoms with Crippen molar-refractivity contribution in [2.45, 2.75) is 36.7 Å². The Kier molecular flexibility index (Phi) is 5.81. The van der Waals surface area contributed by atoms with E-state index in [-0.39, 0.29) is 10.5 Å². The smallest absolute Gasteiger partial charge is 0.337 e. The van der Waals surface area contributed by atoms with E-state index >= 15 is 0 Å². The van der Waals surface area contributed by atoms with Gasteiger partial charge in [-0.25, -0.2) is 13.2 Å². The van der Waals surface area contributed by atoms with Gasteiger partial charge in [-0.2, -0.15) is 4.31 Å². The van der Waals surface area contributed by atoms with Gasteiger partial charge in [-0.1, -0.05) is 12.5 Å². The summed E-state index contributed by atoms with van der Waals surface area (Å²) in [6.07, 6.45) is 2.62. The third kappa shape index (κ3) is 4.56. The van der Waals surface area contributed by atoms with Crippen LogP contribution in [0.2, 0.25) is 0 Å². The molecule has 1 aliphatic rings. The number of nitrogens with one attached hydrogen (secondary N) is 1. The fourth-order valence-electron chi connectivity index (χ4n) is 2.48. The van der Waals surface area contributed by atoms with Gasteiger partial charge in [-0.3, -0.25) is 4.79 Å². The third-order valence-corrected chi connectivity index (χ3v) is 6.00. The monoisotopic (exact) mass is 370 g/mol. The number of hydrogen-bond donors (Lipinski definition) is 3. The molecule has 0 aromatic heterocycles. The number of piperidine rings is 1. The zero-order valence-electron chi connectivity index (χ0n) is 13.9. The quantitative estimate of drug-likeness (QED) is 0.667. The van der Waals surface area contributed by atoms with Crippen LogP contribution in [-0.4, -0.2) is 60.0 Å². The van der Waals surface area contributed by atoms with Gasteiger partial charge in [0.25, 0.3) is 5.91 Å². The minimum atomic E-state index is -3.67. The molecule has 2 rings (SSSR count). The van der Waals surface area contributed by atoms with Crippen LogP contribution in [0, 0.1) is 0 Å². The van der Waals surface area contributed by atoms with Crippen LogP contribution in [0.1, 0.15) is 36.5 Å². The average Bonchev–Trinajstić information content (AvgIpc) is 2.60. The molecule has 0 aliphatic carbocycles. The van der Waals surface area contributed by atoms with Crippen molar-refractivity contribution >= 4 is 21.9 Å². The van der Waals surface area contributed by atoms with E-state index in [0.29, 0.717) is 13.1 Å². The first-order valence-electron chi connectivity index (χ1n) is 7.99. The average molecular weight is 370 g/mol. The Labute approximate surface area is 146 Å². The summed E-state index contributed by atoms with van der Waals surface area (Å²) in [4.78, 5) is 23.0. The highest BCUT2D eigenvalue weighted by atomic mass is 32.2. The maximum absolute atomic E-state index is 12.6. The van der Waals surface area contributed by atoms with Crippen LogP contribution in [0.25, 0.3) is 0 Å². The molecule has 138 valence electrons. The second kappa shape index (κ2) is 7.51. The van der Waals surface area contributed by atoms with Crippen LogP contribution in [0.15, 0.2) is 29.2 Å². The highest BCUT2D eigenvalue weighted by Crippen LogP contribution is 2.21. The first-order valence-corrected chi connectivity index (χ1v) is 9.43. The topological polar surface area (TPSA) is 124 Å². The van der Waals surface area contributed by atoms with E-state index in [9.17, 15) is 23.1 Å². The summed E-state index contributed by atoms with van der Waals surface area (Å²) in [5.41, 5.74) is -2.02. The minimum Gasteiger partial charge on any atom is -0.479 e. The summed E-state index contributed by atoms with van der Waals surface area (Å²) in [6.45, 7) is 1.48. The third-order valence-electron chi connectivity index (χ3n) is 4.10. The molecule has 0 spiro atoms. The molecule has 1 fully saturated rings. The van der Waals surface area contributed by atoms with Crippen molar-refractivity contribution < 1.29 is 28.2 Å². The van der Waals surface area contributed by atoms with Crippen LogP contribution in [0.5, 0.6) is 0 Å². The molecule has 1 aromatic carbocycles. The van der Waals surface area contributed by atoms with Crippen molar-refractivity contribution in [1.82, 2.24) is 9.62 Å². The molecule has 1 unspecified atom stereocenters. The summed E-state index contributed by atoms with van der Waals surface area (Å²) in [7, 11) is -3.67. The number of aliphatic carboxylic acids is 1. The molecule has 1 aromatic rings. The lowest BCUT2D eigenvalue weighted by molar-refractivity contribution is -0.155. The SMILES string of the molecule is CC(O)(CNC(=O)c1cccc(S(=O)(=O)N2CCCCC2)c1)C(=O)O. The van der Waals surface area contributed by atoms with Gasteiger partial charge in [-0.05, 0) is 38.0 Å². The maximum atomic E-state index is 12.6. The fraction of sp³-hybridized carbons (Fsp3) is 0.500. The van der Waals surface area contributed by atoms with E-state index in [0.717, 1.165) is 26.2 Å². The fourth-order valence-corrected chi connectivity index (χ4v) is 4.05. The summed E-state index contributed by atoms with van der Waals surface area (Å²) in [5.74, 6) is -2.12. The lowest BCUT2D eigenvalue weighted by atomic mass is 10.1. The molecule has 1 aliphatic heterocycles. The second-order valence-corrected chi connectivity index (χ2v) is 8.19. The Morgan fingerprint density at radius 1 is 1.24 bits per heavy atom. The van der Waals surface area contributed by atoms with Crippen LogP contribution in [-0.2, 0) is 14.8 Å². The van der Waals surface area contributed by atoms with Crippen molar-refractivity contribution in [2.75, 3.05) is 19.6 Å². The highest BCUT2D eigenvalue weighted by molar-refractivity contribution is 7.89. The minimum absolute atomic E-state index is 0.0204. The molecule has 25 heavy (non-hydrogen) atoms. The van der Waals surface area contributed by atoms with Gasteiger partial charge in [0, 0.05) is 18.7 Å². The van der Waals surface area contributed by atoms with Crippen LogP contribution in [0.4, 0.5) is 0 Å². The number of rotatable bonds is 6. The molecular formula is C16H22N2O6S. The zero-order chi connectivity index (χ0) is 18.7. The molecule has 1 amide bonds. The molecule has 0 bridgehead atoms. The number of sulfonamides is 1. The van der Waals surface area contributed by atoms with E-state index in [1.54, 1.807) is 0 Å². The number of carbonyl (C=O) groups excluding carboxylic acids is 1. The Balaban J connectivity index is 2.15. The second-order valence-electron chi connectivity index (χ2n) is 6.25. The standard InChI is InChI=1S/C16H22N2O6S/c1-16(22,15(20)21)11-17-14(19)12-6-5-7-13(10-12)25(23,24)18-8-3-2-4-9-18/h5-7,10,22H,2-4,8-9,11H2,1H3,(H,17,19)(H,20,21). The lowest BCUT2D eigenvalue weighted by Gasteiger charge is -2.26. The summed E-state index contributed by atoms with van der Waals surface area (Å²) >= 11 is 0. The Bertz CT molecular complexity index is 754. The van der Waals surface area contributed by atoms with Gasteiger partial charge in [0.05, 0.1) is 11.4 Å². The summed E-state index contributed by atoms with van der Waals surface area (Å²) in [5, 5.41) is 20.8. The zero-order valence-corrected chi connectivity index (χ0v) is 14.8. The molecule has 1 atom stereocenters. The molecule has 8 nitrogen and oxygen atoms in total. The summed E-state index contributed by atoms with van der Waals surface area (Å²) in [6, 6.07) is 5.57. The number of carboxylic acids is 1. The summed E-state index contributed by atoms with van der Waals surface area (Å²) < 4.78 is 26.7. The predicted octanol–water partition coefficient (Wildman–Crippen LogP) is 0.427. The Morgan fingerprint density at radius 2 is 1.88 bits per heavy atom. The van der Waals surface area contributed by atoms with Gasteiger partial charge in [0.2, 0.25) is 10.0 Å². The van der Waals surface area contributed by atoms with Crippen molar-refractivity contribution in [3.8, 4) is 0 Å². The van der Waals surface area contributed by atoms with Crippen molar-refractivity contribution in [3.63, 3.8) is 0 Å². The van der Waals surface area contributed by atoms with Crippen molar-refractivity contribution in [2.24, 2.45) is 0 Å². The van der Waals surface area contributed by atoms with Gasteiger partial charge in [-0.15, -0.1) is 0 Å². The molecule has 9 heteroatoms. The van der Waals surface area contributed by atoms with E-state index in [1.807, 2.05) is 0 Å².